The van der Waals surface area contributed by atoms with Crippen LogP contribution in [-0.4, -0.2) is 12.1 Å². The molecule has 10 heavy (non-hydrogen) atoms. The quantitative estimate of drug-likeness (QED) is 0.550. The number of primary amides is 1. The van der Waals surface area contributed by atoms with Crippen molar-refractivity contribution >= 4 is 6.03 Å². The van der Waals surface area contributed by atoms with Crippen molar-refractivity contribution in [3.63, 3.8) is 0 Å². The zero-order valence-electron chi connectivity index (χ0n) is 5.89. The summed E-state index contributed by atoms with van der Waals surface area (Å²) in [6.45, 7) is 0. The van der Waals surface area contributed by atoms with Gasteiger partial charge in [-0.05, 0) is 31.1 Å². The van der Waals surface area contributed by atoms with Crippen LogP contribution in [0.3, 0.4) is 0 Å². The Kier molecular flexibility index (Phi) is 0.993. The van der Waals surface area contributed by atoms with Crippen LogP contribution in [-0.2, 0) is 0 Å². The van der Waals surface area contributed by atoms with Gasteiger partial charge in [-0.25, -0.2) is 4.79 Å². The van der Waals surface area contributed by atoms with Crippen LogP contribution in [0.15, 0.2) is 0 Å². The molecule has 2 aliphatic carbocycles. The lowest BCUT2D eigenvalue weighted by Gasteiger charge is -2.35. The molecular weight excluding hydrogens is 128 g/mol. The number of amides is 2. The summed E-state index contributed by atoms with van der Waals surface area (Å²) in [6, 6.07) is 0.0144. The maximum absolute atomic E-state index is 10.3. The molecule has 0 bridgehead atoms. The Labute approximate surface area is 60.0 Å². The van der Waals surface area contributed by atoms with Gasteiger partial charge < -0.3 is 11.1 Å². The smallest absolute Gasteiger partial charge is 0.312 e. The molecule has 56 valence electrons. The molecule has 0 radical (unpaired) electrons. The van der Waals surface area contributed by atoms with Crippen molar-refractivity contribution in [1.82, 2.24) is 5.32 Å². The minimum absolute atomic E-state index is 0.375. The van der Waals surface area contributed by atoms with E-state index in [1.54, 1.807) is 0 Å². The van der Waals surface area contributed by atoms with Crippen molar-refractivity contribution in [3.8, 4) is 0 Å². The third-order valence-corrected chi connectivity index (χ3v) is 2.66. The first-order valence-electron chi connectivity index (χ1n) is 3.76. The number of urea groups is 1. The van der Waals surface area contributed by atoms with Crippen LogP contribution in [0.2, 0.25) is 0 Å². The highest BCUT2D eigenvalue weighted by molar-refractivity contribution is 5.72. The minimum Gasteiger partial charge on any atom is -0.352 e. The summed E-state index contributed by atoms with van der Waals surface area (Å²) in [6.07, 6.45) is 5.06. The molecule has 0 atom stereocenters. The van der Waals surface area contributed by atoms with Gasteiger partial charge in [0.25, 0.3) is 0 Å². The van der Waals surface area contributed by atoms with Gasteiger partial charge in [-0.1, -0.05) is 0 Å². The lowest BCUT2D eigenvalue weighted by molar-refractivity contribution is 0.194. The van der Waals surface area contributed by atoms with Crippen molar-refractivity contribution in [1.29, 1.82) is 0 Å². The van der Waals surface area contributed by atoms with E-state index in [9.17, 15) is 4.79 Å². The second kappa shape index (κ2) is 1.65. The molecule has 2 saturated carbocycles. The Bertz CT molecular complexity index is 166. The van der Waals surface area contributed by atoms with Crippen molar-refractivity contribution in [2.75, 3.05) is 0 Å². The molecule has 0 aliphatic heterocycles. The second-order valence-electron chi connectivity index (χ2n) is 3.61. The molecule has 3 nitrogen and oxygen atoms in total. The van der Waals surface area contributed by atoms with Gasteiger partial charge in [0, 0.05) is 6.04 Å². The van der Waals surface area contributed by atoms with Crippen molar-refractivity contribution in [2.24, 2.45) is 11.1 Å². The average Bonchev–Trinajstić information content (AvgIpc) is 2.41. The predicted octanol–water partition coefficient (Wildman–Crippen LogP) is 0.597. The largest absolute Gasteiger partial charge is 0.352 e. The first-order chi connectivity index (χ1) is 4.70. The highest BCUT2D eigenvalue weighted by Gasteiger charge is 2.53. The van der Waals surface area contributed by atoms with Gasteiger partial charge in [0.05, 0.1) is 0 Å². The Morgan fingerprint density at radius 3 is 2.50 bits per heavy atom. The van der Waals surface area contributed by atoms with Gasteiger partial charge in [-0.3, -0.25) is 0 Å². The molecule has 0 aromatic heterocycles. The van der Waals surface area contributed by atoms with Crippen LogP contribution in [0.25, 0.3) is 0 Å². The maximum atomic E-state index is 10.3. The summed E-state index contributed by atoms with van der Waals surface area (Å²) >= 11 is 0. The average molecular weight is 140 g/mol. The van der Waals surface area contributed by atoms with Crippen molar-refractivity contribution < 1.29 is 4.79 Å². The van der Waals surface area contributed by atoms with Gasteiger partial charge in [-0.2, -0.15) is 0 Å². The number of nitrogens with one attached hydrogen (secondary N) is 1. The zero-order valence-corrected chi connectivity index (χ0v) is 5.89. The molecule has 0 aromatic carbocycles. The summed E-state index contributed by atoms with van der Waals surface area (Å²) in [7, 11) is 0. The molecule has 0 saturated heterocycles. The molecule has 2 rings (SSSR count). The maximum Gasteiger partial charge on any atom is 0.312 e. The summed E-state index contributed by atoms with van der Waals surface area (Å²) in [5.74, 6) is 0. The molecule has 1 spiro atoms. The van der Waals surface area contributed by atoms with Crippen LogP contribution in [0.5, 0.6) is 0 Å². The SMILES string of the molecule is NC(=O)NC1CC2(CC2)C1. The zero-order chi connectivity index (χ0) is 7.19. The fraction of sp³-hybridized carbons (Fsp3) is 0.857. The molecule has 3 heteroatoms. The Morgan fingerprint density at radius 2 is 2.10 bits per heavy atom. The highest BCUT2D eigenvalue weighted by Crippen LogP contribution is 2.60. The Morgan fingerprint density at radius 1 is 1.50 bits per heavy atom. The predicted molar refractivity (Wildman–Crippen MR) is 37.4 cm³/mol. The lowest BCUT2D eigenvalue weighted by Crippen LogP contribution is -2.47. The molecule has 2 aliphatic rings. The number of rotatable bonds is 1. The van der Waals surface area contributed by atoms with E-state index in [0.717, 1.165) is 12.8 Å². The first kappa shape index (κ1) is 6.01. The second-order valence-corrected chi connectivity index (χ2v) is 3.61. The molecule has 0 aromatic rings. The topological polar surface area (TPSA) is 55.1 Å². The molecule has 0 heterocycles. The monoisotopic (exact) mass is 140 g/mol. The minimum atomic E-state index is -0.375. The van der Waals surface area contributed by atoms with Gasteiger partial charge in [-0.15, -0.1) is 0 Å². The third kappa shape index (κ3) is 0.856. The van der Waals surface area contributed by atoms with E-state index < -0.39 is 0 Å². The van der Waals surface area contributed by atoms with E-state index in [0.29, 0.717) is 11.5 Å². The van der Waals surface area contributed by atoms with Crippen LogP contribution < -0.4 is 11.1 Å². The van der Waals surface area contributed by atoms with E-state index in [4.69, 9.17) is 5.73 Å². The van der Waals surface area contributed by atoms with E-state index in [1.807, 2.05) is 0 Å². The number of hydrogen-bond acceptors (Lipinski definition) is 1. The van der Waals surface area contributed by atoms with Gasteiger partial charge >= 0.3 is 6.03 Å². The van der Waals surface area contributed by atoms with Crippen molar-refractivity contribution in [2.45, 2.75) is 31.7 Å². The van der Waals surface area contributed by atoms with Crippen LogP contribution >= 0.6 is 0 Å². The Balaban J connectivity index is 1.75. The fourth-order valence-corrected chi connectivity index (χ4v) is 1.87. The van der Waals surface area contributed by atoms with E-state index in [-0.39, 0.29) is 6.03 Å². The normalized spacial score (nSPS) is 27.6. The summed E-state index contributed by atoms with van der Waals surface area (Å²) in [5, 5.41) is 2.71. The Hall–Kier alpha value is -0.730. The molecule has 2 fully saturated rings. The van der Waals surface area contributed by atoms with Gasteiger partial charge in [0.15, 0.2) is 0 Å². The lowest BCUT2D eigenvalue weighted by atomic mass is 9.77. The van der Waals surface area contributed by atoms with Gasteiger partial charge in [0.2, 0.25) is 0 Å². The number of hydrogen-bond donors (Lipinski definition) is 2. The molecule has 2 amide bonds. The van der Waals surface area contributed by atoms with E-state index in [2.05, 4.69) is 5.32 Å². The number of carbonyl (C=O) groups excluding carboxylic acids is 1. The first-order valence-corrected chi connectivity index (χ1v) is 3.76. The van der Waals surface area contributed by atoms with Crippen LogP contribution in [0.4, 0.5) is 4.79 Å². The highest BCUT2D eigenvalue weighted by atomic mass is 16.2. The van der Waals surface area contributed by atoms with Gasteiger partial charge in [0.1, 0.15) is 0 Å². The van der Waals surface area contributed by atoms with Crippen molar-refractivity contribution in [3.05, 3.63) is 0 Å². The van der Waals surface area contributed by atoms with Crippen LogP contribution in [0, 0.1) is 5.41 Å². The summed E-state index contributed by atoms with van der Waals surface area (Å²) in [4.78, 5) is 10.3. The number of nitrogens with two attached hydrogens (primary N) is 1. The molecule has 3 N–H and O–H groups in total. The molecule has 0 unspecified atom stereocenters. The molecular formula is C7H12N2O. The summed E-state index contributed by atoms with van der Waals surface area (Å²) in [5.41, 5.74) is 5.62. The number of carbonyl (C=O) groups is 1. The summed E-state index contributed by atoms with van der Waals surface area (Å²) < 4.78 is 0. The fourth-order valence-electron chi connectivity index (χ4n) is 1.87. The third-order valence-electron chi connectivity index (χ3n) is 2.66. The van der Waals surface area contributed by atoms with E-state index in [1.165, 1.54) is 12.8 Å². The van der Waals surface area contributed by atoms with Crippen LogP contribution in [0.1, 0.15) is 25.7 Å². The standard InChI is InChI=1S/C7H12N2O/c8-6(10)9-5-3-7(4-5)1-2-7/h5H,1-4H2,(H3,8,9,10). The van der Waals surface area contributed by atoms with E-state index >= 15 is 0 Å².